The van der Waals surface area contributed by atoms with E-state index in [4.69, 9.17) is 16.6 Å². The first kappa shape index (κ1) is 22.1. The highest BCUT2D eigenvalue weighted by Crippen LogP contribution is 2.44. The summed E-state index contributed by atoms with van der Waals surface area (Å²) in [6.45, 7) is 0.399. The molecule has 1 saturated heterocycles. The van der Waals surface area contributed by atoms with Crippen LogP contribution in [-0.4, -0.2) is 33.5 Å². The molecule has 7 nitrogen and oxygen atoms in total. The number of amides is 3. The van der Waals surface area contributed by atoms with Gasteiger partial charge in [0.15, 0.2) is 0 Å². The van der Waals surface area contributed by atoms with Crippen LogP contribution in [0.2, 0.25) is 0 Å². The highest BCUT2D eigenvalue weighted by Gasteiger charge is 2.42. The topological polar surface area (TPSA) is 82.9 Å². The molecule has 2 aromatic carbocycles. The molecule has 0 spiro atoms. The maximum absolute atomic E-state index is 13.5. The Labute approximate surface area is 205 Å². The van der Waals surface area contributed by atoms with Gasteiger partial charge in [0.1, 0.15) is 16.6 Å². The molecule has 0 aliphatic carbocycles. The Balaban J connectivity index is 1.39. The summed E-state index contributed by atoms with van der Waals surface area (Å²) in [5, 5.41) is 2.85. The van der Waals surface area contributed by atoms with Gasteiger partial charge in [-0.15, -0.1) is 0 Å². The van der Waals surface area contributed by atoms with Gasteiger partial charge in [-0.3, -0.25) is 24.2 Å². The molecule has 170 valence electrons. The number of thiocarbonyl (C=S) groups is 1. The molecule has 1 aromatic heterocycles. The van der Waals surface area contributed by atoms with E-state index < -0.39 is 5.91 Å². The Morgan fingerprint density at radius 2 is 1.71 bits per heavy atom. The van der Waals surface area contributed by atoms with Gasteiger partial charge in [0.25, 0.3) is 11.8 Å². The lowest BCUT2D eigenvalue weighted by Gasteiger charge is -2.16. The second kappa shape index (κ2) is 9.28. The van der Waals surface area contributed by atoms with Gasteiger partial charge in [0.2, 0.25) is 5.91 Å². The van der Waals surface area contributed by atoms with Crippen molar-refractivity contribution in [2.24, 2.45) is 0 Å². The van der Waals surface area contributed by atoms with Crippen LogP contribution in [0.25, 0.3) is 5.57 Å². The van der Waals surface area contributed by atoms with Crippen LogP contribution in [0.3, 0.4) is 0 Å². The molecule has 5 rings (SSSR count). The van der Waals surface area contributed by atoms with Gasteiger partial charge in [-0.1, -0.05) is 72.5 Å². The van der Waals surface area contributed by atoms with Crippen LogP contribution in [0.5, 0.6) is 0 Å². The molecule has 9 heteroatoms. The van der Waals surface area contributed by atoms with Crippen LogP contribution in [0.1, 0.15) is 16.9 Å². The van der Waals surface area contributed by atoms with Gasteiger partial charge in [-0.25, -0.2) is 0 Å². The fourth-order valence-corrected chi connectivity index (χ4v) is 5.22. The van der Waals surface area contributed by atoms with Gasteiger partial charge in [0, 0.05) is 12.1 Å². The van der Waals surface area contributed by atoms with E-state index in [0.717, 1.165) is 17.3 Å². The second-order valence-electron chi connectivity index (χ2n) is 7.71. The third-order valence-corrected chi connectivity index (χ3v) is 6.98. The van der Waals surface area contributed by atoms with E-state index in [0.29, 0.717) is 27.9 Å². The predicted molar refractivity (Wildman–Crippen MR) is 133 cm³/mol. The number of fused-ring (bicyclic) bond motifs is 1. The first-order valence-electron chi connectivity index (χ1n) is 10.5. The van der Waals surface area contributed by atoms with Gasteiger partial charge >= 0.3 is 0 Å². The lowest BCUT2D eigenvalue weighted by molar-refractivity contribution is -0.123. The Hall–Kier alpha value is -3.69. The smallest absolute Gasteiger partial charge is 0.267 e. The van der Waals surface area contributed by atoms with Crippen LogP contribution in [0.15, 0.2) is 82.3 Å². The predicted octanol–water partition coefficient (Wildman–Crippen LogP) is 3.71. The molecule has 0 saturated carbocycles. The number of anilines is 1. The Kier molecular flexibility index (Phi) is 6.04. The van der Waals surface area contributed by atoms with Crippen molar-refractivity contribution in [3.63, 3.8) is 0 Å². The number of carbonyl (C=O) groups is 3. The van der Waals surface area contributed by atoms with E-state index >= 15 is 0 Å². The minimum Gasteiger partial charge on any atom is -0.467 e. The number of hydrogen-bond acceptors (Lipinski definition) is 6. The highest BCUT2D eigenvalue weighted by atomic mass is 32.2. The van der Waals surface area contributed by atoms with Crippen LogP contribution < -0.4 is 10.2 Å². The average molecular weight is 490 g/mol. The molecule has 3 amide bonds. The van der Waals surface area contributed by atoms with Crippen molar-refractivity contribution in [1.82, 2.24) is 10.2 Å². The summed E-state index contributed by atoms with van der Waals surface area (Å²) >= 11 is 6.52. The monoisotopic (exact) mass is 489 g/mol. The largest absolute Gasteiger partial charge is 0.467 e. The van der Waals surface area contributed by atoms with Crippen molar-refractivity contribution in [3.8, 4) is 0 Å². The number of para-hydroxylation sites is 1. The van der Waals surface area contributed by atoms with Gasteiger partial charge in [-0.05, 0) is 23.8 Å². The zero-order valence-corrected chi connectivity index (χ0v) is 19.5. The zero-order valence-electron chi connectivity index (χ0n) is 17.9. The zero-order chi connectivity index (χ0) is 23.7. The van der Waals surface area contributed by atoms with Crippen molar-refractivity contribution in [2.75, 3.05) is 11.4 Å². The summed E-state index contributed by atoms with van der Waals surface area (Å²) in [6.07, 6.45) is 1.53. The molecule has 0 bridgehead atoms. The molecule has 2 aliphatic heterocycles. The summed E-state index contributed by atoms with van der Waals surface area (Å²) in [5.41, 5.74) is 2.44. The van der Waals surface area contributed by atoms with Crippen molar-refractivity contribution >= 4 is 57.3 Å². The summed E-state index contributed by atoms with van der Waals surface area (Å²) in [5.74, 6) is -0.439. The number of hydrogen-bond donors (Lipinski definition) is 1. The van der Waals surface area contributed by atoms with Crippen molar-refractivity contribution in [2.45, 2.75) is 13.1 Å². The fourth-order valence-electron chi connectivity index (χ4n) is 3.90. The Morgan fingerprint density at radius 3 is 2.47 bits per heavy atom. The highest BCUT2D eigenvalue weighted by molar-refractivity contribution is 8.26. The molecule has 3 heterocycles. The van der Waals surface area contributed by atoms with E-state index in [1.165, 1.54) is 16.1 Å². The Bertz CT molecular complexity index is 1320. The standard InChI is InChI=1S/C25H19N3O4S2/c29-20(26-13-16-7-2-1-3-8-16)15-27-19-11-5-4-10-18(19)21(23(27)30)22-24(31)28(25(33)34-22)14-17-9-6-12-32-17/h1-12H,13-15H2,(H,26,29)/b22-21-. The van der Waals surface area contributed by atoms with E-state index in [-0.39, 0.29) is 35.4 Å². The molecule has 1 fully saturated rings. The number of carbonyl (C=O) groups excluding carboxylic acids is 3. The number of benzene rings is 2. The molecule has 1 N–H and O–H groups in total. The summed E-state index contributed by atoms with van der Waals surface area (Å²) < 4.78 is 5.70. The number of nitrogens with one attached hydrogen (secondary N) is 1. The SMILES string of the molecule is O=C(CN1C(=O)/C(=C2\SC(=S)N(Cc3ccco3)C2=O)c2ccccc21)NCc1ccccc1. The molecular weight excluding hydrogens is 470 g/mol. The quantitative estimate of drug-likeness (QED) is 0.420. The van der Waals surface area contributed by atoms with Crippen molar-refractivity contribution < 1.29 is 18.8 Å². The molecule has 3 aromatic rings. The second-order valence-corrected chi connectivity index (χ2v) is 9.36. The van der Waals surface area contributed by atoms with E-state index in [2.05, 4.69) is 5.32 Å². The third-order valence-electron chi connectivity index (χ3n) is 5.53. The first-order valence-corrected chi connectivity index (χ1v) is 11.8. The van der Waals surface area contributed by atoms with Gasteiger partial charge < -0.3 is 9.73 Å². The molecule has 0 atom stereocenters. The first-order chi connectivity index (χ1) is 16.5. The van der Waals surface area contributed by atoms with E-state index in [1.807, 2.05) is 30.3 Å². The van der Waals surface area contributed by atoms with Crippen LogP contribution in [0, 0.1) is 0 Å². The minimum atomic E-state index is -0.394. The van der Waals surface area contributed by atoms with Crippen molar-refractivity contribution in [1.29, 1.82) is 0 Å². The van der Waals surface area contributed by atoms with Gasteiger partial charge in [0.05, 0.1) is 29.0 Å². The summed E-state index contributed by atoms with van der Waals surface area (Å²) in [6, 6.07) is 20.2. The number of nitrogens with zero attached hydrogens (tertiary/aromatic N) is 2. The number of thioether (sulfide) groups is 1. The minimum absolute atomic E-state index is 0.154. The average Bonchev–Trinajstić information content (AvgIpc) is 3.53. The van der Waals surface area contributed by atoms with Crippen LogP contribution in [-0.2, 0) is 27.5 Å². The lowest BCUT2D eigenvalue weighted by atomic mass is 10.1. The summed E-state index contributed by atoms with van der Waals surface area (Å²) in [4.78, 5) is 42.5. The molecule has 2 aliphatic rings. The maximum atomic E-state index is 13.5. The molecule has 0 unspecified atom stereocenters. The van der Waals surface area contributed by atoms with Crippen LogP contribution >= 0.6 is 24.0 Å². The van der Waals surface area contributed by atoms with Crippen LogP contribution in [0.4, 0.5) is 5.69 Å². The number of rotatable bonds is 6. The van der Waals surface area contributed by atoms with Gasteiger partial charge in [-0.2, -0.15) is 0 Å². The Morgan fingerprint density at radius 1 is 0.941 bits per heavy atom. The van der Waals surface area contributed by atoms with E-state index in [1.54, 1.807) is 36.4 Å². The normalized spacial score (nSPS) is 17.5. The van der Waals surface area contributed by atoms with E-state index in [9.17, 15) is 14.4 Å². The molecule has 34 heavy (non-hydrogen) atoms. The summed E-state index contributed by atoms with van der Waals surface area (Å²) in [7, 11) is 0. The fraction of sp³-hybridized carbons (Fsp3) is 0.120. The third kappa shape index (κ3) is 4.15. The molecular formula is C25H19N3O4S2. The number of furan rings is 1. The molecule has 0 radical (unpaired) electrons. The maximum Gasteiger partial charge on any atom is 0.267 e. The van der Waals surface area contributed by atoms with Crippen molar-refractivity contribution in [3.05, 3.63) is 94.8 Å². The lowest BCUT2D eigenvalue weighted by Crippen LogP contribution is -2.38.